The molecule has 132 valence electrons. The number of carbonyl (C=O) groups excluding carboxylic acids is 2. The number of anilines is 1. The minimum absolute atomic E-state index is 0.258. The van der Waals surface area contributed by atoms with Crippen molar-refractivity contribution < 1.29 is 23.8 Å². The molecule has 0 radical (unpaired) electrons. The summed E-state index contributed by atoms with van der Waals surface area (Å²) in [5, 5.41) is 2.79. The van der Waals surface area contributed by atoms with Crippen molar-refractivity contribution in [2.45, 2.75) is 13.5 Å². The van der Waals surface area contributed by atoms with E-state index in [2.05, 4.69) is 10.1 Å². The van der Waals surface area contributed by atoms with Gasteiger partial charge in [-0.1, -0.05) is 0 Å². The van der Waals surface area contributed by atoms with Crippen LogP contribution in [0.1, 0.15) is 33.2 Å². The largest absolute Gasteiger partial charge is 0.494 e. The summed E-state index contributed by atoms with van der Waals surface area (Å²) >= 11 is 0. The van der Waals surface area contributed by atoms with Gasteiger partial charge in [0.25, 0.3) is 5.91 Å². The molecule has 0 aromatic heterocycles. The summed E-state index contributed by atoms with van der Waals surface area (Å²) in [6.45, 7) is 2.79. The van der Waals surface area contributed by atoms with Crippen molar-refractivity contribution >= 4 is 17.6 Å². The average Bonchev–Trinajstić information content (AvgIpc) is 2.63. The van der Waals surface area contributed by atoms with Crippen LogP contribution in [0.25, 0.3) is 0 Å². The fourth-order valence-corrected chi connectivity index (χ4v) is 2.30. The van der Waals surface area contributed by atoms with Crippen molar-refractivity contribution in [2.24, 2.45) is 0 Å². The third-order valence-corrected chi connectivity index (χ3v) is 3.49. The maximum absolute atomic E-state index is 12.4. The lowest BCUT2D eigenvalue weighted by Gasteiger charge is -2.12. The van der Waals surface area contributed by atoms with Gasteiger partial charge in [0, 0.05) is 23.9 Å². The molecule has 1 amide bonds. The Balaban J connectivity index is 2.14. The van der Waals surface area contributed by atoms with Crippen molar-refractivity contribution in [3.05, 3.63) is 59.2 Å². The van der Waals surface area contributed by atoms with Gasteiger partial charge in [-0.3, -0.25) is 4.79 Å². The van der Waals surface area contributed by atoms with E-state index in [0.717, 1.165) is 5.56 Å². The first-order chi connectivity index (χ1) is 12.1. The van der Waals surface area contributed by atoms with Crippen LogP contribution in [0.5, 0.6) is 5.75 Å². The molecule has 0 aliphatic rings. The molecule has 2 aromatic rings. The van der Waals surface area contributed by atoms with Gasteiger partial charge in [0.15, 0.2) is 0 Å². The van der Waals surface area contributed by atoms with Crippen LogP contribution in [0.15, 0.2) is 42.5 Å². The van der Waals surface area contributed by atoms with E-state index in [4.69, 9.17) is 9.47 Å². The highest BCUT2D eigenvalue weighted by Gasteiger charge is 2.12. The maximum atomic E-state index is 12.4. The first-order valence-corrected chi connectivity index (χ1v) is 7.83. The van der Waals surface area contributed by atoms with Crippen molar-refractivity contribution in [2.75, 3.05) is 26.1 Å². The standard InChI is InChI=1S/C19H21NO5/c1-4-25-17-10-7-14(11-15(17)12-23-2)18(21)20-16-8-5-13(6-9-16)19(22)24-3/h5-11H,4,12H2,1-3H3,(H,20,21). The lowest BCUT2D eigenvalue weighted by Crippen LogP contribution is -2.13. The lowest BCUT2D eigenvalue weighted by molar-refractivity contribution is 0.0600. The first-order valence-electron chi connectivity index (χ1n) is 7.83. The highest BCUT2D eigenvalue weighted by Crippen LogP contribution is 2.22. The molecule has 25 heavy (non-hydrogen) atoms. The third-order valence-electron chi connectivity index (χ3n) is 3.49. The maximum Gasteiger partial charge on any atom is 0.337 e. The molecule has 0 saturated heterocycles. The Kier molecular flexibility index (Phi) is 6.54. The zero-order valence-corrected chi connectivity index (χ0v) is 14.5. The molecule has 0 unspecified atom stereocenters. The summed E-state index contributed by atoms with van der Waals surface area (Å²) in [6, 6.07) is 11.7. The Hall–Kier alpha value is -2.86. The van der Waals surface area contributed by atoms with Gasteiger partial charge in [0.05, 0.1) is 25.9 Å². The second-order valence-corrected chi connectivity index (χ2v) is 5.21. The summed E-state index contributed by atoms with van der Waals surface area (Å²) in [5.74, 6) is 0.0168. The summed E-state index contributed by atoms with van der Waals surface area (Å²) in [4.78, 5) is 23.8. The second kappa shape index (κ2) is 8.84. The van der Waals surface area contributed by atoms with Crippen molar-refractivity contribution in [3.63, 3.8) is 0 Å². The molecule has 6 heteroatoms. The topological polar surface area (TPSA) is 73.9 Å². The van der Waals surface area contributed by atoms with Crippen LogP contribution < -0.4 is 10.1 Å². The number of methoxy groups -OCH3 is 2. The summed E-state index contributed by atoms with van der Waals surface area (Å²) < 4.78 is 15.3. The van der Waals surface area contributed by atoms with E-state index in [1.807, 2.05) is 6.92 Å². The number of esters is 1. The number of ether oxygens (including phenoxy) is 3. The molecule has 0 aliphatic heterocycles. The molecule has 0 atom stereocenters. The van der Waals surface area contributed by atoms with E-state index in [9.17, 15) is 9.59 Å². The predicted octanol–water partition coefficient (Wildman–Crippen LogP) is 3.27. The molecule has 1 N–H and O–H groups in total. The van der Waals surface area contributed by atoms with Crippen molar-refractivity contribution in [1.82, 2.24) is 0 Å². The SMILES string of the molecule is CCOc1ccc(C(=O)Nc2ccc(C(=O)OC)cc2)cc1COC. The summed E-state index contributed by atoms with van der Waals surface area (Å²) in [5.41, 5.74) is 2.30. The molecular weight excluding hydrogens is 322 g/mol. The van der Waals surface area contributed by atoms with Gasteiger partial charge in [-0.15, -0.1) is 0 Å². The zero-order valence-electron chi connectivity index (χ0n) is 14.5. The quantitative estimate of drug-likeness (QED) is 0.781. The van der Waals surface area contributed by atoms with Crippen molar-refractivity contribution in [3.8, 4) is 5.75 Å². The van der Waals surface area contributed by atoms with Crippen LogP contribution in [-0.2, 0) is 16.1 Å². The molecule has 0 heterocycles. The number of hydrogen-bond donors (Lipinski definition) is 1. The normalized spacial score (nSPS) is 10.2. The lowest BCUT2D eigenvalue weighted by atomic mass is 10.1. The van der Waals surface area contributed by atoms with Gasteiger partial charge < -0.3 is 19.5 Å². The van der Waals surface area contributed by atoms with E-state index in [0.29, 0.717) is 35.8 Å². The number of hydrogen-bond acceptors (Lipinski definition) is 5. The van der Waals surface area contributed by atoms with Gasteiger partial charge >= 0.3 is 5.97 Å². The fourth-order valence-electron chi connectivity index (χ4n) is 2.30. The Morgan fingerprint density at radius 2 is 1.68 bits per heavy atom. The molecule has 0 aliphatic carbocycles. The Morgan fingerprint density at radius 3 is 2.28 bits per heavy atom. The average molecular weight is 343 g/mol. The summed E-state index contributed by atoms with van der Waals surface area (Å²) in [6.07, 6.45) is 0. The number of benzene rings is 2. The van der Waals surface area contributed by atoms with E-state index in [1.54, 1.807) is 49.6 Å². The second-order valence-electron chi connectivity index (χ2n) is 5.21. The first kappa shape index (κ1) is 18.5. The summed E-state index contributed by atoms with van der Waals surface area (Å²) in [7, 11) is 2.91. The highest BCUT2D eigenvalue weighted by atomic mass is 16.5. The third kappa shape index (κ3) is 4.81. The van der Waals surface area contributed by atoms with Gasteiger partial charge in [0.1, 0.15) is 5.75 Å². The Bertz CT molecular complexity index is 740. The molecular formula is C19H21NO5. The van der Waals surface area contributed by atoms with E-state index in [-0.39, 0.29) is 5.91 Å². The van der Waals surface area contributed by atoms with Crippen LogP contribution in [-0.4, -0.2) is 32.7 Å². The van der Waals surface area contributed by atoms with Gasteiger partial charge in [-0.25, -0.2) is 4.79 Å². The molecule has 2 rings (SSSR count). The van der Waals surface area contributed by atoms with Gasteiger partial charge in [0.2, 0.25) is 0 Å². The van der Waals surface area contributed by atoms with Crippen LogP contribution >= 0.6 is 0 Å². The minimum Gasteiger partial charge on any atom is -0.494 e. The van der Waals surface area contributed by atoms with Crippen LogP contribution in [0.3, 0.4) is 0 Å². The smallest absolute Gasteiger partial charge is 0.337 e. The fraction of sp³-hybridized carbons (Fsp3) is 0.263. The van der Waals surface area contributed by atoms with E-state index < -0.39 is 5.97 Å². The molecule has 0 saturated carbocycles. The Labute approximate surface area is 146 Å². The van der Waals surface area contributed by atoms with Crippen LogP contribution in [0.2, 0.25) is 0 Å². The number of carbonyl (C=O) groups is 2. The molecule has 0 fully saturated rings. The van der Waals surface area contributed by atoms with E-state index >= 15 is 0 Å². The predicted molar refractivity (Wildman–Crippen MR) is 94.1 cm³/mol. The van der Waals surface area contributed by atoms with Gasteiger partial charge in [-0.2, -0.15) is 0 Å². The van der Waals surface area contributed by atoms with E-state index in [1.165, 1.54) is 7.11 Å². The molecule has 6 nitrogen and oxygen atoms in total. The minimum atomic E-state index is -0.423. The molecule has 0 spiro atoms. The number of amides is 1. The van der Waals surface area contributed by atoms with Crippen LogP contribution in [0.4, 0.5) is 5.69 Å². The molecule has 0 bridgehead atoms. The molecule has 2 aromatic carbocycles. The Morgan fingerprint density at radius 1 is 1.00 bits per heavy atom. The van der Waals surface area contributed by atoms with Gasteiger partial charge in [-0.05, 0) is 49.4 Å². The zero-order chi connectivity index (χ0) is 18.2. The van der Waals surface area contributed by atoms with Crippen molar-refractivity contribution in [1.29, 1.82) is 0 Å². The highest BCUT2D eigenvalue weighted by molar-refractivity contribution is 6.04. The number of rotatable bonds is 7. The monoisotopic (exact) mass is 343 g/mol. The van der Waals surface area contributed by atoms with Crippen LogP contribution in [0, 0.1) is 0 Å². The number of nitrogens with one attached hydrogen (secondary N) is 1.